The summed E-state index contributed by atoms with van der Waals surface area (Å²) in [5.41, 5.74) is 0.483. The molecule has 0 aliphatic rings. The van der Waals surface area contributed by atoms with E-state index in [2.05, 4.69) is 31.5 Å². The van der Waals surface area contributed by atoms with Crippen molar-refractivity contribution in [2.24, 2.45) is 0 Å². The van der Waals surface area contributed by atoms with E-state index >= 15 is 0 Å². The van der Waals surface area contributed by atoms with Crippen molar-refractivity contribution in [1.29, 1.82) is 0 Å². The summed E-state index contributed by atoms with van der Waals surface area (Å²) in [4.78, 5) is 16.5. The van der Waals surface area contributed by atoms with Crippen LogP contribution in [-0.2, 0) is 0 Å². The normalized spacial score (nSPS) is 12.0. The molecule has 0 radical (unpaired) electrons. The third-order valence-electron chi connectivity index (χ3n) is 2.87. The molecule has 0 saturated carbocycles. The predicted molar refractivity (Wildman–Crippen MR) is 80.8 cm³/mol. The molecule has 2 heterocycles. The fraction of sp³-hybridized carbons (Fsp3) is 0.286. The van der Waals surface area contributed by atoms with Crippen molar-refractivity contribution in [2.75, 3.05) is 12.4 Å². The van der Waals surface area contributed by atoms with E-state index in [1.165, 1.54) is 0 Å². The molecule has 0 bridgehead atoms. The lowest BCUT2D eigenvalue weighted by Gasteiger charge is -2.13. The van der Waals surface area contributed by atoms with Gasteiger partial charge in [0.15, 0.2) is 0 Å². The Bertz CT molecular complexity index is 625. The van der Waals surface area contributed by atoms with E-state index in [-0.39, 0.29) is 11.9 Å². The molecule has 0 aliphatic heterocycles. The van der Waals surface area contributed by atoms with Crippen LogP contribution in [0.3, 0.4) is 0 Å². The number of pyridine rings is 1. The summed E-state index contributed by atoms with van der Waals surface area (Å²) < 4.78 is 6.26. The van der Waals surface area contributed by atoms with Gasteiger partial charge in [0.05, 0.1) is 11.6 Å². The van der Waals surface area contributed by atoms with Crippen LogP contribution in [-0.4, -0.2) is 17.9 Å². The molecule has 20 heavy (non-hydrogen) atoms. The van der Waals surface area contributed by atoms with Gasteiger partial charge in [0.25, 0.3) is 5.91 Å². The first-order valence-corrected chi connectivity index (χ1v) is 7.01. The van der Waals surface area contributed by atoms with Gasteiger partial charge in [0.1, 0.15) is 17.3 Å². The summed E-state index contributed by atoms with van der Waals surface area (Å²) >= 11 is 3.32. The van der Waals surface area contributed by atoms with Crippen molar-refractivity contribution in [3.05, 3.63) is 46.0 Å². The molecule has 2 aromatic rings. The second kappa shape index (κ2) is 6.09. The van der Waals surface area contributed by atoms with Crippen molar-refractivity contribution in [2.45, 2.75) is 19.9 Å². The summed E-state index contributed by atoms with van der Waals surface area (Å²) in [6.45, 7) is 3.75. The Morgan fingerprint density at radius 2 is 2.20 bits per heavy atom. The maximum Gasteiger partial charge on any atom is 0.255 e. The van der Waals surface area contributed by atoms with E-state index in [1.54, 1.807) is 19.3 Å². The number of hydrogen-bond acceptors (Lipinski definition) is 4. The molecule has 106 valence electrons. The molecule has 5 nitrogen and oxygen atoms in total. The first-order chi connectivity index (χ1) is 9.51. The lowest BCUT2D eigenvalue weighted by molar-refractivity contribution is 0.0935. The molecule has 6 heteroatoms. The maximum absolute atomic E-state index is 12.3. The molecule has 2 N–H and O–H groups in total. The number of halogens is 1. The number of aromatic nitrogens is 1. The average Bonchev–Trinajstić information content (AvgIpc) is 2.85. The molecule has 1 atom stereocenters. The van der Waals surface area contributed by atoms with Crippen LogP contribution in [0.5, 0.6) is 0 Å². The minimum atomic E-state index is -0.208. The standard InChI is InChI=1S/C14H16BrN3O2/c1-8-4-5-12(20-8)9(2)18-14(19)11-6-10(15)7-17-13(11)16-3/h4-7,9H,1-3H3,(H,16,17)(H,18,19). The van der Waals surface area contributed by atoms with Crippen LogP contribution in [0.4, 0.5) is 5.82 Å². The Hall–Kier alpha value is -1.82. The van der Waals surface area contributed by atoms with Gasteiger partial charge >= 0.3 is 0 Å². The lowest BCUT2D eigenvalue weighted by Crippen LogP contribution is -2.27. The Labute approximate surface area is 125 Å². The van der Waals surface area contributed by atoms with Crippen molar-refractivity contribution < 1.29 is 9.21 Å². The van der Waals surface area contributed by atoms with Crippen LogP contribution >= 0.6 is 15.9 Å². The number of carbonyl (C=O) groups is 1. The quantitative estimate of drug-likeness (QED) is 0.898. The van der Waals surface area contributed by atoms with Crippen LogP contribution in [0.1, 0.15) is 34.8 Å². The van der Waals surface area contributed by atoms with Crippen molar-refractivity contribution >= 4 is 27.7 Å². The molecule has 0 fully saturated rings. The molecule has 2 aromatic heterocycles. The minimum Gasteiger partial charge on any atom is -0.464 e. The highest BCUT2D eigenvalue weighted by molar-refractivity contribution is 9.10. The van der Waals surface area contributed by atoms with E-state index in [9.17, 15) is 4.79 Å². The average molecular weight is 338 g/mol. The minimum absolute atomic E-state index is 0.204. The number of nitrogens with zero attached hydrogens (tertiary/aromatic N) is 1. The van der Waals surface area contributed by atoms with Gasteiger partial charge in [-0.15, -0.1) is 0 Å². The van der Waals surface area contributed by atoms with E-state index < -0.39 is 0 Å². The Balaban J connectivity index is 2.18. The second-order valence-corrected chi connectivity index (χ2v) is 5.36. The Morgan fingerprint density at radius 1 is 1.45 bits per heavy atom. The first kappa shape index (κ1) is 14.6. The summed E-state index contributed by atoms with van der Waals surface area (Å²) in [5.74, 6) is 1.88. The van der Waals surface area contributed by atoms with Crippen molar-refractivity contribution in [1.82, 2.24) is 10.3 Å². The van der Waals surface area contributed by atoms with Gasteiger partial charge in [-0.2, -0.15) is 0 Å². The number of nitrogens with one attached hydrogen (secondary N) is 2. The van der Waals surface area contributed by atoms with E-state index in [0.29, 0.717) is 11.4 Å². The van der Waals surface area contributed by atoms with Gasteiger partial charge in [-0.1, -0.05) is 0 Å². The number of hydrogen-bond donors (Lipinski definition) is 2. The number of anilines is 1. The van der Waals surface area contributed by atoms with Crippen LogP contribution in [0.2, 0.25) is 0 Å². The lowest BCUT2D eigenvalue weighted by atomic mass is 10.2. The van der Waals surface area contributed by atoms with Crippen LogP contribution < -0.4 is 10.6 Å². The molecule has 0 aromatic carbocycles. The van der Waals surface area contributed by atoms with E-state index in [1.807, 2.05) is 26.0 Å². The molecule has 0 spiro atoms. The van der Waals surface area contributed by atoms with Crippen molar-refractivity contribution in [3.8, 4) is 0 Å². The molecular weight excluding hydrogens is 322 g/mol. The summed E-state index contributed by atoms with van der Waals surface area (Å²) in [6.07, 6.45) is 1.64. The molecule has 1 amide bonds. The van der Waals surface area contributed by atoms with Crippen molar-refractivity contribution in [3.63, 3.8) is 0 Å². The highest BCUT2D eigenvalue weighted by atomic mass is 79.9. The van der Waals surface area contributed by atoms with Gasteiger partial charge < -0.3 is 15.1 Å². The van der Waals surface area contributed by atoms with Gasteiger partial charge in [-0.05, 0) is 48.0 Å². The zero-order valence-corrected chi connectivity index (χ0v) is 13.1. The van der Waals surface area contributed by atoms with Gasteiger partial charge in [-0.25, -0.2) is 4.98 Å². The first-order valence-electron chi connectivity index (χ1n) is 6.21. The highest BCUT2D eigenvalue weighted by Crippen LogP contribution is 2.20. The number of amides is 1. The van der Waals surface area contributed by atoms with Gasteiger partial charge in [0.2, 0.25) is 0 Å². The summed E-state index contributed by atoms with van der Waals surface area (Å²) in [5, 5.41) is 5.80. The maximum atomic E-state index is 12.3. The molecule has 2 rings (SSSR count). The molecule has 0 saturated heterocycles. The van der Waals surface area contributed by atoms with Crippen LogP contribution in [0.15, 0.2) is 33.3 Å². The molecule has 1 unspecified atom stereocenters. The third-order valence-corrected chi connectivity index (χ3v) is 3.30. The largest absolute Gasteiger partial charge is 0.464 e. The van der Waals surface area contributed by atoms with E-state index in [4.69, 9.17) is 4.42 Å². The molecular formula is C14H16BrN3O2. The number of aryl methyl sites for hydroxylation is 1. The fourth-order valence-corrected chi connectivity index (χ4v) is 2.17. The predicted octanol–water partition coefficient (Wildman–Crippen LogP) is 3.28. The highest BCUT2D eigenvalue weighted by Gasteiger charge is 2.17. The van der Waals surface area contributed by atoms with Gasteiger partial charge in [0, 0.05) is 17.7 Å². The zero-order chi connectivity index (χ0) is 14.7. The van der Waals surface area contributed by atoms with E-state index in [0.717, 1.165) is 16.0 Å². The number of rotatable bonds is 4. The Morgan fingerprint density at radius 3 is 2.80 bits per heavy atom. The molecule has 0 aliphatic carbocycles. The number of carbonyl (C=O) groups excluding carboxylic acids is 1. The van der Waals surface area contributed by atoms with Crippen LogP contribution in [0.25, 0.3) is 0 Å². The SMILES string of the molecule is CNc1ncc(Br)cc1C(=O)NC(C)c1ccc(C)o1. The summed E-state index contributed by atoms with van der Waals surface area (Å²) in [6, 6.07) is 5.25. The monoisotopic (exact) mass is 337 g/mol. The number of furan rings is 1. The zero-order valence-electron chi connectivity index (χ0n) is 11.5. The summed E-state index contributed by atoms with van der Waals surface area (Å²) in [7, 11) is 1.73. The Kier molecular flexibility index (Phi) is 4.44. The third kappa shape index (κ3) is 3.19. The van der Waals surface area contributed by atoms with Gasteiger partial charge in [-0.3, -0.25) is 4.79 Å². The van der Waals surface area contributed by atoms with Crippen LogP contribution in [0, 0.1) is 6.92 Å². The fourth-order valence-electron chi connectivity index (χ4n) is 1.84. The second-order valence-electron chi connectivity index (χ2n) is 4.44. The topological polar surface area (TPSA) is 67.2 Å². The smallest absolute Gasteiger partial charge is 0.255 e.